The van der Waals surface area contributed by atoms with Crippen LogP contribution in [0.5, 0.6) is 0 Å². The van der Waals surface area contributed by atoms with Gasteiger partial charge in [-0.3, -0.25) is 9.59 Å². The number of nitrogens with one attached hydrogen (secondary N) is 1. The smallest absolute Gasteiger partial charge is 0.251 e. The van der Waals surface area contributed by atoms with Gasteiger partial charge < -0.3 is 10.2 Å². The number of hydrogen-bond donors (Lipinski definition) is 1. The van der Waals surface area contributed by atoms with E-state index in [1.165, 1.54) is 22.5 Å². The van der Waals surface area contributed by atoms with Crippen LogP contribution in [0.1, 0.15) is 43.5 Å². The first-order chi connectivity index (χ1) is 12.8. The Labute approximate surface area is 165 Å². The highest BCUT2D eigenvalue weighted by molar-refractivity contribution is 7.89. The van der Waals surface area contributed by atoms with Crippen LogP contribution in [0.3, 0.4) is 0 Å². The molecule has 0 saturated carbocycles. The van der Waals surface area contributed by atoms with E-state index in [1.54, 1.807) is 18.7 Å². The normalized spacial score (nSPS) is 14.8. The summed E-state index contributed by atoms with van der Waals surface area (Å²) in [4.78, 5) is 25.6. The number of nitrogens with zero attached hydrogens (tertiary/aromatic N) is 2. The monoisotopic (exact) mass is 415 g/mol. The third kappa shape index (κ3) is 5.21. The van der Waals surface area contributed by atoms with Crippen molar-refractivity contribution < 1.29 is 18.0 Å². The van der Waals surface area contributed by atoms with Crippen LogP contribution in [0.2, 0.25) is 5.02 Å². The van der Waals surface area contributed by atoms with Gasteiger partial charge in [-0.15, -0.1) is 0 Å². The topological polar surface area (TPSA) is 86.8 Å². The van der Waals surface area contributed by atoms with Gasteiger partial charge in [0.25, 0.3) is 5.91 Å². The molecule has 2 amide bonds. The van der Waals surface area contributed by atoms with Crippen molar-refractivity contribution in [1.29, 1.82) is 0 Å². The quantitative estimate of drug-likeness (QED) is 0.626. The Morgan fingerprint density at radius 2 is 2.00 bits per heavy atom. The molecule has 0 radical (unpaired) electrons. The van der Waals surface area contributed by atoms with Gasteiger partial charge in [-0.2, -0.15) is 4.31 Å². The second-order valence-corrected chi connectivity index (χ2v) is 8.64. The van der Waals surface area contributed by atoms with Gasteiger partial charge in [0.2, 0.25) is 15.9 Å². The van der Waals surface area contributed by atoms with Gasteiger partial charge >= 0.3 is 0 Å². The molecule has 150 valence electrons. The average molecular weight is 416 g/mol. The molecule has 27 heavy (non-hydrogen) atoms. The number of carbonyl (C=O) groups excluding carboxylic acids is 2. The maximum Gasteiger partial charge on any atom is 0.251 e. The van der Waals surface area contributed by atoms with E-state index in [4.69, 9.17) is 11.6 Å². The molecule has 1 saturated heterocycles. The van der Waals surface area contributed by atoms with Crippen LogP contribution in [0.4, 0.5) is 0 Å². The predicted molar refractivity (Wildman–Crippen MR) is 104 cm³/mol. The van der Waals surface area contributed by atoms with Gasteiger partial charge in [-0.1, -0.05) is 25.4 Å². The summed E-state index contributed by atoms with van der Waals surface area (Å²) < 4.78 is 26.7. The van der Waals surface area contributed by atoms with Gasteiger partial charge in [-0.25, -0.2) is 8.42 Å². The molecule has 0 atom stereocenters. The van der Waals surface area contributed by atoms with Crippen LogP contribution in [0, 0.1) is 0 Å². The molecule has 1 heterocycles. The first-order valence-electron chi connectivity index (χ1n) is 9.17. The molecule has 0 unspecified atom stereocenters. The number of hydrogen-bond acceptors (Lipinski definition) is 4. The summed E-state index contributed by atoms with van der Waals surface area (Å²) in [5, 5.41) is 2.85. The Morgan fingerprint density at radius 1 is 1.30 bits per heavy atom. The first-order valence-corrected chi connectivity index (χ1v) is 11.0. The number of rotatable bonds is 9. The number of likely N-dealkylation sites (tertiary alicyclic amines) is 1. The molecule has 1 aromatic rings. The molecule has 1 aromatic carbocycles. The van der Waals surface area contributed by atoms with E-state index in [1.807, 2.05) is 0 Å². The third-order valence-corrected chi connectivity index (χ3v) is 7.11. The van der Waals surface area contributed by atoms with Crippen molar-refractivity contribution in [3.63, 3.8) is 0 Å². The third-order valence-electron chi connectivity index (χ3n) is 4.58. The molecule has 0 spiro atoms. The van der Waals surface area contributed by atoms with Crippen molar-refractivity contribution in [3.8, 4) is 0 Å². The molecule has 1 aliphatic rings. The summed E-state index contributed by atoms with van der Waals surface area (Å²) in [6.07, 6.45) is 2.14. The molecule has 1 fully saturated rings. The van der Waals surface area contributed by atoms with E-state index in [-0.39, 0.29) is 27.3 Å². The second kappa shape index (κ2) is 9.52. The fourth-order valence-electron chi connectivity index (χ4n) is 3.06. The van der Waals surface area contributed by atoms with Crippen molar-refractivity contribution in [3.05, 3.63) is 28.8 Å². The Morgan fingerprint density at radius 3 is 2.59 bits per heavy atom. The van der Waals surface area contributed by atoms with Crippen molar-refractivity contribution in [2.75, 3.05) is 32.7 Å². The zero-order valence-electron chi connectivity index (χ0n) is 15.7. The molecule has 0 aliphatic carbocycles. The van der Waals surface area contributed by atoms with Crippen molar-refractivity contribution >= 4 is 33.4 Å². The van der Waals surface area contributed by atoms with E-state index in [9.17, 15) is 18.0 Å². The standard InChI is InChI=1S/C18H26ClN3O4S/c1-3-22(4-2)27(25,26)16-13-14(8-9-15(16)19)18(24)20-10-6-12-21-11-5-7-17(21)23/h8-9,13H,3-7,10-12H2,1-2H3,(H,20,24). The lowest BCUT2D eigenvalue weighted by atomic mass is 10.2. The summed E-state index contributed by atoms with van der Waals surface area (Å²) in [5.74, 6) is -0.208. The summed E-state index contributed by atoms with van der Waals surface area (Å²) in [7, 11) is -3.75. The molecule has 1 aliphatic heterocycles. The fraction of sp³-hybridized carbons (Fsp3) is 0.556. The zero-order valence-corrected chi connectivity index (χ0v) is 17.3. The number of carbonyl (C=O) groups is 2. The number of benzene rings is 1. The number of amides is 2. The highest BCUT2D eigenvalue weighted by Crippen LogP contribution is 2.25. The average Bonchev–Trinajstić information content (AvgIpc) is 3.04. The Balaban J connectivity index is 2.01. The number of halogens is 1. The minimum absolute atomic E-state index is 0.0665. The van der Waals surface area contributed by atoms with Gasteiger partial charge in [0, 0.05) is 44.7 Å². The highest BCUT2D eigenvalue weighted by Gasteiger charge is 2.25. The van der Waals surface area contributed by atoms with E-state index in [0.29, 0.717) is 39.0 Å². The fourth-order valence-corrected chi connectivity index (χ4v) is 5.02. The highest BCUT2D eigenvalue weighted by atomic mass is 35.5. The van der Waals surface area contributed by atoms with Crippen LogP contribution < -0.4 is 5.32 Å². The van der Waals surface area contributed by atoms with Gasteiger partial charge in [0.15, 0.2) is 0 Å². The maximum absolute atomic E-state index is 12.7. The molecule has 0 bridgehead atoms. The van der Waals surface area contributed by atoms with Gasteiger partial charge in [0.05, 0.1) is 5.02 Å². The molecule has 0 aromatic heterocycles. The van der Waals surface area contributed by atoms with Crippen molar-refractivity contribution in [2.45, 2.75) is 38.0 Å². The second-order valence-electron chi connectivity index (χ2n) is 6.33. The van der Waals surface area contributed by atoms with Crippen molar-refractivity contribution in [2.24, 2.45) is 0 Å². The Bertz CT molecular complexity index is 794. The maximum atomic E-state index is 12.7. The van der Waals surface area contributed by atoms with Crippen LogP contribution in [-0.4, -0.2) is 62.2 Å². The minimum Gasteiger partial charge on any atom is -0.352 e. The molecule has 9 heteroatoms. The lowest BCUT2D eigenvalue weighted by molar-refractivity contribution is -0.127. The zero-order chi connectivity index (χ0) is 20.0. The molecule has 2 rings (SSSR count). The largest absolute Gasteiger partial charge is 0.352 e. The van der Waals surface area contributed by atoms with Gasteiger partial charge in [-0.05, 0) is 31.0 Å². The lowest BCUT2D eigenvalue weighted by Crippen LogP contribution is -2.32. The van der Waals surface area contributed by atoms with E-state index in [0.717, 1.165) is 13.0 Å². The summed E-state index contributed by atoms with van der Waals surface area (Å²) in [6.45, 7) is 5.93. The molecule has 1 N–H and O–H groups in total. The molecular formula is C18H26ClN3O4S. The van der Waals surface area contributed by atoms with E-state index in [2.05, 4.69) is 5.32 Å². The lowest BCUT2D eigenvalue weighted by Gasteiger charge is -2.19. The SMILES string of the molecule is CCN(CC)S(=O)(=O)c1cc(C(=O)NCCCN2CCCC2=O)ccc1Cl. The van der Waals surface area contributed by atoms with Gasteiger partial charge in [0.1, 0.15) is 4.90 Å². The molecule has 7 nitrogen and oxygen atoms in total. The van der Waals surface area contributed by atoms with E-state index >= 15 is 0 Å². The number of sulfonamides is 1. The summed E-state index contributed by atoms with van der Waals surface area (Å²) >= 11 is 6.08. The first kappa shape index (κ1) is 21.7. The van der Waals surface area contributed by atoms with Crippen LogP contribution in [0.25, 0.3) is 0 Å². The summed E-state index contributed by atoms with van der Waals surface area (Å²) in [6, 6.07) is 4.24. The van der Waals surface area contributed by atoms with Crippen LogP contribution in [-0.2, 0) is 14.8 Å². The van der Waals surface area contributed by atoms with Crippen molar-refractivity contribution in [1.82, 2.24) is 14.5 Å². The van der Waals surface area contributed by atoms with Crippen LogP contribution in [0.15, 0.2) is 23.1 Å². The Hall–Kier alpha value is -1.64. The predicted octanol–water partition coefficient (Wildman–Crippen LogP) is 2.11. The minimum atomic E-state index is -3.75. The summed E-state index contributed by atoms with van der Waals surface area (Å²) in [5.41, 5.74) is 0.238. The Kier molecular flexibility index (Phi) is 7.64. The van der Waals surface area contributed by atoms with Crippen LogP contribution >= 0.6 is 11.6 Å². The van der Waals surface area contributed by atoms with E-state index < -0.39 is 10.0 Å². The molecular weight excluding hydrogens is 390 g/mol.